The lowest BCUT2D eigenvalue weighted by Gasteiger charge is -2.33. The van der Waals surface area contributed by atoms with Crippen LogP contribution in [0.1, 0.15) is 33.1 Å². The minimum Gasteiger partial charge on any atom is -0.381 e. The summed E-state index contributed by atoms with van der Waals surface area (Å²) in [5.74, 6) is 0.345. The Balaban J connectivity index is 1.95. The van der Waals surface area contributed by atoms with Gasteiger partial charge in [0.1, 0.15) is 0 Å². The van der Waals surface area contributed by atoms with Crippen molar-refractivity contribution in [2.45, 2.75) is 39.2 Å². The van der Waals surface area contributed by atoms with Gasteiger partial charge in [0.15, 0.2) is 0 Å². The van der Waals surface area contributed by atoms with Crippen molar-refractivity contribution >= 4 is 5.91 Å². The quantitative estimate of drug-likeness (QED) is 0.783. The lowest BCUT2D eigenvalue weighted by molar-refractivity contribution is -0.133. The molecule has 0 bridgehead atoms. The number of carbonyl (C=O) groups is 1. The van der Waals surface area contributed by atoms with E-state index < -0.39 is 0 Å². The Morgan fingerprint density at radius 1 is 1.29 bits per heavy atom. The lowest BCUT2D eigenvalue weighted by Crippen LogP contribution is -2.46. The highest BCUT2D eigenvalue weighted by atomic mass is 16.5. The van der Waals surface area contributed by atoms with E-state index in [1.807, 2.05) is 18.7 Å². The first kappa shape index (κ1) is 12.8. The maximum absolute atomic E-state index is 12.2. The molecule has 2 saturated heterocycles. The number of rotatable bonds is 2. The number of carbonyl (C=O) groups excluding carboxylic acids is 1. The maximum atomic E-state index is 12.2. The van der Waals surface area contributed by atoms with Crippen LogP contribution in [0, 0.1) is 11.3 Å². The molecule has 1 spiro atoms. The predicted octanol–water partition coefficient (Wildman–Crippen LogP) is 0.999. The van der Waals surface area contributed by atoms with Gasteiger partial charge in [-0.1, -0.05) is 13.8 Å². The van der Waals surface area contributed by atoms with Gasteiger partial charge in [0.05, 0.1) is 6.04 Å². The molecule has 2 rings (SSSR count). The Kier molecular flexibility index (Phi) is 3.73. The molecule has 98 valence electrons. The van der Waals surface area contributed by atoms with Gasteiger partial charge in [0.25, 0.3) is 0 Å². The maximum Gasteiger partial charge on any atom is 0.239 e. The summed E-state index contributed by atoms with van der Waals surface area (Å²) in [6.07, 6.45) is 3.30. The molecule has 0 unspecified atom stereocenters. The van der Waals surface area contributed by atoms with Crippen LogP contribution in [0.15, 0.2) is 0 Å². The smallest absolute Gasteiger partial charge is 0.239 e. The fourth-order valence-electron chi connectivity index (χ4n) is 2.83. The molecular formula is C13H24N2O2. The van der Waals surface area contributed by atoms with Gasteiger partial charge >= 0.3 is 0 Å². The van der Waals surface area contributed by atoms with Gasteiger partial charge in [0.2, 0.25) is 5.91 Å². The first-order chi connectivity index (χ1) is 8.04. The van der Waals surface area contributed by atoms with Crippen molar-refractivity contribution in [3.05, 3.63) is 0 Å². The summed E-state index contributed by atoms with van der Waals surface area (Å²) in [6, 6.07) is -0.343. The number of amides is 1. The molecule has 0 aliphatic carbocycles. The van der Waals surface area contributed by atoms with Crippen LogP contribution in [0.2, 0.25) is 0 Å². The zero-order chi connectivity index (χ0) is 12.5. The molecule has 2 fully saturated rings. The van der Waals surface area contributed by atoms with E-state index in [0.717, 1.165) is 45.6 Å². The molecule has 1 atom stereocenters. The topological polar surface area (TPSA) is 55.6 Å². The summed E-state index contributed by atoms with van der Waals surface area (Å²) in [5.41, 5.74) is 6.27. The molecule has 1 amide bonds. The number of ether oxygens (including phenoxy) is 1. The Hall–Kier alpha value is -0.610. The molecule has 0 aromatic rings. The van der Waals surface area contributed by atoms with E-state index in [1.54, 1.807) is 0 Å². The first-order valence-electron chi connectivity index (χ1n) is 6.66. The number of hydrogen-bond donors (Lipinski definition) is 1. The Labute approximate surface area is 103 Å². The lowest BCUT2D eigenvalue weighted by atomic mass is 9.80. The summed E-state index contributed by atoms with van der Waals surface area (Å²) in [4.78, 5) is 14.2. The van der Waals surface area contributed by atoms with E-state index in [1.165, 1.54) is 0 Å². The van der Waals surface area contributed by atoms with Gasteiger partial charge in [-0.3, -0.25) is 4.79 Å². The summed E-state index contributed by atoms with van der Waals surface area (Å²) in [7, 11) is 0. The summed E-state index contributed by atoms with van der Waals surface area (Å²) < 4.78 is 5.41. The highest BCUT2D eigenvalue weighted by Gasteiger charge is 2.41. The second kappa shape index (κ2) is 4.94. The van der Waals surface area contributed by atoms with Crippen molar-refractivity contribution < 1.29 is 9.53 Å². The molecule has 2 N–H and O–H groups in total. The molecule has 2 heterocycles. The van der Waals surface area contributed by atoms with E-state index in [4.69, 9.17) is 10.5 Å². The number of nitrogens with zero attached hydrogens (tertiary/aromatic N) is 1. The average Bonchev–Trinajstić information content (AvgIpc) is 2.72. The van der Waals surface area contributed by atoms with Crippen LogP contribution in [-0.2, 0) is 9.53 Å². The summed E-state index contributed by atoms with van der Waals surface area (Å²) in [6.45, 7) is 7.46. The van der Waals surface area contributed by atoms with E-state index in [-0.39, 0.29) is 17.9 Å². The Morgan fingerprint density at radius 2 is 1.94 bits per heavy atom. The molecule has 0 saturated carbocycles. The van der Waals surface area contributed by atoms with Crippen LogP contribution in [-0.4, -0.2) is 43.2 Å². The first-order valence-corrected chi connectivity index (χ1v) is 6.66. The molecule has 2 aliphatic rings. The molecule has 2 aliphatic heterocycles. The molecule has 17 heavy (non-hydrogen) atoms. The standard InChI is InChI=1S/C13H24N2O2/c1-10(2)11(14)12(16)15-6-3-13(9-15)4-7-17-8-5-13/h10-11H,3-9,14H2,1-2H3/t11-/m0/s1. The van der Waals surface area contributed by atoms with Gasteiger partial charge in [-0.25, -0.2) is 0 Å². The Bertz CT molecular complexity index is 285. The van der Waals surface area contributed by atoms with Gasteiger partial charge in [-0.15, -0.1) is 0 Å². The number of nitrogens with two attached hydrogens (primary N) is 1. The largest absolute Gasteiger partial charge is 0.381 e. The fourth-order valence-corrected chi connectivity index (χ4v) is 2.83. The summed E-state index contributed by atoms with van der Waals surface area (Å²) >= 11 is 0. The molecule has 0 aromatic carbocycles. The normalized spacial score (nSPS) is 25.5. The van der Waals surface area contributed by atoms with Gasteiger partial charge < -0.3 is 15.4 Å². The van der Waals surface area contributed by atoms with Gasteiger partial charge in [0, 0.05) is 26.3 Å². The average molecular weight is 240 g/mol. The fraction of sp³-hybridized carbons (Fsp3) is 0.923. The second-order valence-electron chi connectivity index (χ2n) is 5.89. The predicted molar refractivity (Wildman–Crippen MR) is 66.5 cm³/mol. The van der Waals surface area contributed by atoms with Crippen LogP contribution in [0.4, 0.5) is 0 Å². The second-order valence-corrected chi connectivity index (χ2v) is 5.89. The zero-order valence-electron chi connectivity index (χ0n) is 10.9. The SMILES string of the molecule is CC(C)[C@H](N)C(=O)N1CCC2(CCOCC2)C1. The highest BCUT2D eigenvalue weighted by Crippen LogP contribution is 2.39. The van der Waals surface area contributed by atoms with Crippen LogP contribution < -0.4 is 5.73 Å². The van der Waals surface area contributed by atoms with Crippen LogP contribution in [0.5, 0.6) is 0 Å². The van der Waals surface area contributed by atoms with Crippen LogP contribution in [0.25, 0.3) is 0 Å². The van der Waals surface area contributed by atoms with Crippen molar-refractivity contribution in [2.75, 3.05) is 26.3 Å². The third kappa shape index (κ3) is 2.63. The number of likely N-dealkylation sites (tertiary alicyclic amines) is 1. The van der Waals surface area contributed by atoms with E-state index in [0.29, 0.717) is 5.41 Å². The van der Waals surface area contributed by atoms with Crippen LogP contribution >= 0.6 is 0 Å². The van der Waals surface area contributed by atoms with Crippen molar-refractivity contribution in [3.8, 4) is 0 Å². The molecule has 4 heteroatoms. The minimum atomic E-state index is -0.343. The molecule has 0 radical (unpaired) electrons. The van der Waals surface area contributed by atoms with Crippen molar-refractivity contribution in [2.24, 2.45) is 17.1 Å². The van der Waals surface area contributed by atoms with Crippen LogP contribution in [0.3, 0.4) is 0 Å². The van der Waals surface area contributed by atoms with Gasteiger partial charge in [-0.05, 0) is 30.6 Å². The van der Waals surface area contributed by atoms with Crippen molar-refractivity contribution in [1.82, 2.24) is 4.90 Å². The molecular weight excluding hydrogens is 216 g/mol. The third-order valence-corrected chi connectivity index (χ3v) is 4.31. The number of hydrogen-bond acceptors (Lipinski definition) is 3. The van der Waals surface area contributed by atoms with Crippen molar-refractivity contribution in [3.63, 3.8) is 0 Å². The molecule has 0 aromatic heterocycles. The van der Waals surface area contributed by atoms with E-state index in [2.05, 4.69) is 0 Å². The molecule has 4 nitrogen and oxygen atoms in total. The highest BCUT2D eigenvalue weighted by molar-refractivity contribution is 5.82. The zero-order valence-corrected chi connectivity index (χ0v) is 10.9. The third-order valence-electron chi connectivity index (χ3n) is 4.31. The van der Waals surface area contributed by atoms with E-state index in [9.17, 15) is 4.79 Å². The van der Waals surface area contributed by atoms with Crippen molar-refractivity contribution in [1.29, 1.82) is 0 Å². The Morgan fingerprint density at radius 3 is 2.53 bits per heavy atom. The van der Waals surface area contributed by atoms with E-state index >= 15 is 0 Å². The minimum absolute atomic E-state index is 0.128. The van der Waals surface area contributed by atoms with Gasteiger partial charge in [-0.2, -0.15) is 0 Å². The summed E-state index contributed by atoms with van der Waals surface area (Å²) in [5, 5.41) is 0. The monoisotopic (exact) mass is 240 g/mol.